The molecule has 1 rings (SSSR count). The zero-order chi connectivity index (χ0) is 13.0. The average molecular weight is 260 g/mol. The van der Waals surface area contributed by atoms with Crippen molar-refractivity contribution < 1.29 is 14.7 Å². The monoisotopic (exact) mass is 259 g/mol. The molecule has 2 N–H and O–H groups in total. The summed E-state index contributed by atoms with van der Waals surface area (Å²) in [6.45, 7) is 5.69. The standard InChI is InChI=1S/C12H18ClNO3/c1-3-8-4-9(10(5-8)12(16)17)11(15)14-6-7(2)13/h8-10H,2-6H2,1H3,(H,14,15)(H,16,17). The van der Waals surface area contributed by atoms with E-state index in [1.54, 1.807) is 0 Å². The topological polar surface area (TPSA) is 66.4 Å². The molecule has 4 nitrogen and oxygen atoms in total. The Balaban J connectivity index is 2.63. The highest BCUT2D eigenvalue weighted by molar-refractivity contribution is 6.29. The Kier molecular flexibility index (Phi) is 5.00. The second-order valence-corrected chi connectivity index (χ2v) is 5.07. The molecule has 1 saturated carbocycles. The lowest BCUT2D eigenvalue weighted by Crippen LogP contribution is -2.35. The van der Waals surface area contributed by atoms with Gasteiger partial charge >= 0.3 is 5.97 Å². The minimum absolute atomic E-state index is 0.194. The summed E-state index contributed by atoms with van der Waals surface area (Å²) in [5.74, 6) is -1.79. The van der Waals surface area contributed by atoms with E-state index in [2.05, 4.69) is 11.9 Å². The van der Waals surface area contributed by atoms with E-state index in [1.165, 1.54) is 0 Å². The van der Waals surface area contributed by atoms with Crippen LogP contribution in [0.5, 0.6) is 0 Å². The van der Waals surface area contributed by atoms with Crippen LogP contribution in [0, 0.1) is 17.8 Å². The largest absolute Gasteiger partial charge is 0.481 e. The summed E-state index contributed by atoms with van der Waals surface area (Å²) >= 11 is 5.56. The molecule has 0 aromatic rings. The first kappa shape index (κ1) is 14.0. The molecule has 1 aliphatic carbocycles. The van der Waals surface area contributed by atoms with Crippen molar-refractivity contribution in [3.63, 3.8) is 0 Å². The molecule has 3 unspecified atom stereocenters. The van der Waals surface area contributed by atoms with Crippen LogP contribution in [0.25, 0.3) is 0 Å². The van der Waals surface area contributed by atoms with Crippen LogP contribution in [-0.2, 0) is 9.59 Å². The molecule has 0 spiro atoms. The maximum atomic E-state index is 11.9. The number of nitrogens with one attached hydrogen (secondary N) is 1. The molecule has 0 bridgehead atoms. The molecule has 3 atom stereocenters. The summed E-state index contributed by atoms with van der Waals surface area (Å²) in [7, 11) is 0. The summed E-state index contributed by atoms with van der Waals surface area (Å²) in [5, 5.41) is 12.1. The van der Waals surface area contributed by atoms with Crippen molar-refractivity contribution >= 4 is 23.5 Å². The number of carboxylic acid groups (broad SMARTS) is 1. The van der Waals surface area contributed by atoms with Crippen molar-refractivity contribution in [2.45, 2.75) is 26.2 Å². The molecule has 1 fully saturated rings. The molecular weight excluding hydrogens is 242 g/mol. The lowest BCUT2D eigenvalue weighted by atomic mass is 9.95. The first-order valence-electron chi connectivity index (χ1n) is 5.79. The fourth-order valence-corrected chi connectivity index (χ4v) is 2.42. The van der Waals surface area contributed by atoms with Gasteiger partial charge in [0.1, 0.15) is 0 Å². The van der Waals surface area contributed by atoms with E-state index in [0.29, 0.717) is 23.8 Å². The minimum Gasteiger partial charge on any atom is -0.481 e. The highest BCUT2D eigenvalue weighted by atomic mass is 35.5. The Morgan fingerprint density at radius 1 is 1.41 bits per heavy atom. The quantitative estimate of drug-likeness (QED) is 0.794. The van der Waals surface area contributed by atoms with Crippen LogP contribution in [0.3, 0.4) is 0 Å². The van der Waals surface area contributed by atoms with Gasteiger partial charge in [0.25, 0.3) is 0 Å². The maximum absolute atomic E-state index is 11.9. The van der Waals surface area contributed by atoms with Gasteiger partial charge in [-0.05, 0) is 18.8 Å². The van der Waals surface area contributed by atoms with Crippen LogP contribution in [0.15, 0.2) is 11.6 Å². The number of hydrogen-bond donors (Lipinski definition) is 2. The molecule has 1 amide bonds. The summed E-state index contributed by atoms with van der Waals surface area (Å²) in [5.41, 5.74) is 0. The smallest absolute Gasteiger partial charge is 0.307 e. The van der Waals surface area contributed by atoms with Crippen molar-refractivity contribution in [3.05, 3.63) is 11.6 Å². The van der Waals surface area contributed by atoms with Gasteiger partial charge in [-0.15, -0.1) is 0 Å². The molecule has 0 heterocycles. The molecule has 0 saturated heterocycles. The molecule has 96 valence electrons. The van der Waals surface area contributed by atoms with E-state index < -0.39 is 17.8 Å². The number of halogens is 1. The highest BCUT2D eigenvalue weighted by Crippen LogP contribution is 2.38. The first-order chi connectivity index (χ1) is 7.95. The molecule has 5 heteroatoms. The molecule has 17 heavy (non-hydrogen) atoms. The van der Waals surface area contributed by atoms with E-state index in [4.69, 9.17) is 16.7 Å². The van der Waals surface area contributed by atoms with Crippen molar-refractivity contribution in [2.75, 3.05) is 6.54 Å². The molecule has 0 aliphatic heterocycles. The van der Waals surface area contributed by atoms with E-state index in [0.717, 1.165) is 6.42 Å². The van der Waals surface area contributed by atoms with Gasteiger partial charge in [0, 0.05) is 5.03 Å². The lowest BCUT2D eigenvalue weighted by molar-refractivity contribution is -0.146. The van der Waals surface area contributed by atoms with Gasteiger partial charge < -0.3 is 10.4 Å². The highest BCUT2D eigenvalue weighted by Gasteiger charge is 2.41. The van der Waals surface area contributed by atoms with Crippen LogP contribution < -0.4 is 5.32 Å². The Morgan fingerprint density at radius 3 is 2.47 bits per heavy atom. The van der Waals surface area contributed by atoms with Crippen molar-refractivity contribution in [1.29, 1.82) is 0 Å². The molecule has 0 aromatic heterocycles. The number of aliphatic carboxylic acids is 1. The van der Waals surface area contributed by atoms with Gasteiger partial charge in [0.15, 0.2) is 0 Å². The van der Waals surface area contributed by atoms with Gasteiger partial charge in [-0.25, -0.2) is 0 Å². The Hall–Kier alpha value is -1.03. The number of carbonyl (C=O) groups is 2. The van der Waals surface area contributed by atoms with Crippen LogP contribution in [0.4, 0.5) is 0 Å². The van der Waals surface area contributed by atoms with Crippen LogP contribution in [-0.4, -0.2) is 23.5 Å². The normalized spacial score (nSPS) is 27.8. The number of rotatable bonds is 5. The zero-order valence-corrected chi connectivity index (χ0v) is 10.7. The number of hydrogen-bond acceptors (Lipinski definition) is 2. The van der Waals surface area contributed by atoms with Crippen molar-refractivity contribution in [2.24, 2.45) is 17.8 Å². The second-order valence-electron chi connectivity index (χ2n) is 4.53. The summed E-state index contributed by atoms with van der Waals surface area (Å²) in [6, 6.07) is 0. The van der Waals surface area contributed by atoms with E-state index in [1.807, 2.05) is 6.92 Å². The Morgan fingerprint density at radius 2 is 2.00 bits per heavy atom. The van der Waals surface area contributed by atoms with E-state index in [9.17, 15) is 9.59 Å². The van der Waals surface area contributed by atoms with Gasteiger partial charge in [0.05, 0.1) is 18.4 Å². The molecule has 1 aliphatic rings. The summed E-state index contributed by atoms with van der Waals surface area (Å²) in [4.78, 5) is 22.9. The molecular formula is C12H18ClNO3. The fourth-order valence-electron chi connectivity index (χ4n) is 2.35. The zero-order valence-electron chi connectivity index (χ0n) is 9.91. The average Bonchev–Trinajstić information content (AvgIpc) is 2.69. The summed E-state index contributed by atoms with van der Waals surface area (Å²) in [6.07, 6.45) is 2.15. The summed E-state index contributed by atoms with van der Waals surface area (Å²) < 4.78 is 0. The minimum atomic E-state index is -0.884. The fraction of sp³-hybridized carbons (Fsp3) is 0.667. The van der Waals surface area contributed by atoms with Gasteiger partial charge in [-0.2, -0.15) is 0 Å². The van der Waals surface area contributed by atoms with Gasteiger partial charge in [0.2, 0.25) is 5.91 Å². The maximum Gasteiger partial charge on any atom is 0.307 e. The predicted octanol–water partition coefficient (Wildman–Crippen LogP) is 1.99. The van der Waals surface area contributed by atoms with E-state index in [-0.39, 0.29) is 12.5 Å². The third-order valence-corrected chi connectivity index (χ3v) is 3.48. The predicted molar refractivity (Wildman–Crippen MR) is 65.6 cm³/mol. The Bertz CT molecular complexity index is 330. The first-order valence-corrected chi connectivity index (χ1v) is 6.17. The second kappa shape index (κ2) is 6.05. The van der Waals surface area contributed by atoms with Crippen LogP contribution in [0.2, 0.25) is 0 Å². The van der Waals surface area contributed by atoms with Crippen molar-refractivity contribution in [1.82, 2.24) is 5.32 Å². The Labute approximate surface area is 106 Å². The van der Waals surface area contributed by atoms with Crippen molar-refractivity contribution in [3.8, 4) is 0 Å². The number of carboxylic acids is 1. The molecule has 0 radical (unpaired) electrons. The van der Waals surface area contributed by atoms with Gasteiger partial charge in [-0.3, -0.25) is 9.59 Å². The number of amides is 1. The lowest BCUT2D eigenvalue weighted by Gasteiger charge is -2.15. The van der Waals surface area contributed by atoms with Crippen LogP contribution in [0.1, 0.15) is 26.2 Å². The third-order valence-electron chi connectivity index (χ3n) is 3.35. The van der Waals surface area contributed by atoms with Gasteiger partial charge in [-0.1, -0.05) is 31.5 Å². The number of carbonyl (C=O) groups excluding carboxylic acids is 1. The van der Waals surface area contributed by atoms with E-state index >= 15 is 0 Å². The van der Waals surface area contributed by atoms with Crippen LogP contribution >= 0.6 is 11.6 Å². The molecule has 0 aromatic carbocycles. The third kappa shape index (κ3) is 3.73. The SMILES string of the molecule is C=C(Cl)CNC(=O)C1CC(CC)CC1C(=O)O.